The lowest BCUT2D eigenvalue weighted by Crippen LogP contribution is -2.35. The summed E-state index contributed by atoms with van der Waals surface area (Å²) in [4.78, 5) is 31.0. The van der Waals surface area contributed by atoms with Crippen LogP contribution in [0.2, 0.25) is 0 Å². The second-order valence-corrected chi connectivity index (χ2v) is 7.49. The summed E-state index contributed by atoms with van der Waals surface area (Å²) in [6.07, 6.45) is 7.36. The van der Waals surface area contributed by atoms with Crippen LogP contribution in [0.1, 0.15) is 36.2 Å². The average Bonchev–Trinajstić information content (AvgIpc) is 3.10. The smallest absolute Gasteiger partial charge is 0.321 e. The molecule has 7 nitrogen and oxygen atoms in total. The Morgan fingerprint density at radius 1 is 0.839 bits per heavy atom. The molecule has 0 saturated carbocycles. The van der Waals surface area contributed by atoms with Gasteiger partial charge in [0.25, 0.3) is 5.91 Å². The van der Waals surface area contributed by atoms with Crippen LogP contribution in [0, 0.1) is 5.82 Å². The van der Waals surface area contributed by atoms with Crippen molar-refractivity contribution in [2.45, 2.75) is 25.7 Å². The summed E-state index contributed by atoms with van der Waals surface area (Å²) < 4.78 is 14.8. The second-order valence-electron chi connectivity index (χ2n) is 7.49. The van der Waals surface area contributed by atoms with Gasteiger partial charge >= 0.3 is 6.03 Å². The van der Waals surface area contributed by atoms with Gasteiger partial charge in [0.1, 0.15) is 11.5 Å². The van der Waals surface area contributed by atoms with Gasteiger partial charge in [0.15, 0.2) is 0 Å². The van der Waals surface area contributed by atoms with Gasteiger partial charge in [-0.25, -0.2) is 14.2 Å². The van der Waals surface area contributed by atoms with E-state index in [4.69, 9.17) is 0 Å². The van der Waals surface area contributed by atoms with Gasteiger partial charge in [0.05, 0.1) is 12.5 Å². The van der Waals surface area contributed by atoms with Crippen LogP contribution in [0.3, 0.4) is 0 Å². The Morgan fingerprint density at radius 2 is 1.45 bits per heavy atom. The Bertz CT molecular complexity index is 1040. The molecule has 3 aromatic rings. The monoisotopic (exact) mass is 421 g/mol. The minimum atomic E-state index is -0.349. The van der Waals surface area contributed by atoms with Gasteiger partial charge in [-0.2, -0.15) is 0 Å². The molecule has 0 aliphatic carbocycles. The molecule has 1 saturated heterocycles. The largest absolute Gasteiger partial charge is 0.325 e. The third-order valence-corrected chi connectivity index (χ3v) is 5.26. The van der Waals surface area contributed by atoms with Crippen molar-refractivity contribution in [2.75, 3.05) is 23.7 Å². The van der Waals surface area contributed by atoms with Crippen molar-refractivity contribution >= 4 is 23.3 Å². The molecule has 1 fully saturated rings. The number of hydrogen-bond donors (Lipinski definition) is 2. The molecule has 4 rings (SSSR count). The SMILES string of the molecule is O=C(Nc1ccc(NC(=O)N2CCCCCC2)cc1)c1cncn1-c1ccc(F)cc1. The highest BCUT2D eigenvalue weighted by Crippen LogP contribution is 2.18. The predicted octanol–water partition coefficient (Wildman–Crippen LogP) is 4.67. The summed E-state index contributed by atoms with van der Waals surface area (Å²) >= 11 is 0. The zero-order valence-electron chi connectivity index (χ0n) is 17.1. The van der Waals surface area contributed by atoms with Gasteiger partial charge in [0, 0.05) is 30.2 Å². The van der Waals surface area contributed by atoms with Crippen molar-refractivity contribution in [3.05, 3.63) is 72.6 Å². The molecule has 1 aliphatic heterocycles. The van der Waals surface area contributed by atoms with Gasteiger partial charge < -0.3 is 15.5 Å². The van der Waals surface area contributed by atoms with Gasteiger partial charge in [-0.1, -0.05) is 12.8 Å². The Labute approximate surface area is 179 Å². The Morgan fingerprint density at radius 3 is 2.10 bits per heavy atom. The summed E-state index contributed by atoms with van der Waals surface area (Å²) in [5.41, 5.74) is 2.22. The van der Waals surface area contributed by atoms with Crippen LogP contribution in [-0.2, 0) is 0 Å². The van der Waals surface area contributed by atoms with Crippen LogP contribution in [0.15, 0.2) is 61.1 Å². The number of anilines is 2. The molecule has 1 aromatic heterocycles. The first-order chi connectivity index (χ1) is 15.1. The normalized spacial score (nSPS) is 14.0. The molecule has 8 heteroatoms. The highest BCUT2D eigenvalue weighted by molar-refractivity contribution is 6.03. The van der Waals surface area contributed by atoms with E-state index in [-0.39, 0.29) is 17.8 Å². The first-order valence-electron chi connectivity index (χ1n) is 10.4. The van der Waals surface area contributed by atoms with Gasteiger partial charge in [-0.05, 0) is 61.4 Å². The number of aromatic nitrogens is 2. The predicted molar refractivity (Wildman–Crippen MR) is 117 cm³/mol. The number of nitrogens with one attached hydrogen (secondary N) is 2. The third-order valence-electron chi connectivity index (χ3n) is 5.26. The lowest BCUT2D eigenvalue weighted by molar-refractivity contribution is 0.102. The van der Waals surface area contributed by atoms with Crippen molar-refractivity contribution in [1.82, 2.24) is 14.5 Å². The number of carbonyl (C=O) groups excluding carboxylic acids is 2. The van der Waals surface area contributed by atoms with E-state index in [9.17, 15) is 14.0 Å². The maximum Gasteiger partial charge on any atom is 0.321 e. The van der Waals surface area contributed by atoms with Crippen LogP contribution in [-0.4, -0.2) is 39.5 Å². The van der Waals surface area contributed by atoms with E-state index < -0.39 is 0 Å². The zero-order chi connectivity index (χ0) is 21.6. The molecule has 160 valence electrons. The summed E-state index contributed by atoms with van der Waals surface area (Å²) in [5, 5.41) is 5.73. The third kappa shape index (κ3) is 5.09. The number of urea groups is 1. The Hall–Kier alpha value is -3.68. The van der Waals surface area contributed by atoms with Crippen LogP contribution in [0.25, 0.3) is 5.69 Å². The summed E-state index contributed by atoms with van der Waals surface area (Å²) in [7, 11) is 0. The number of likely N-dealkylation sites (tertiary alicyclic amines) is 1. The van der Waals surface area contributed by atoms with Crippen LogP contribution >= 0.6 is 0 Å². The average molecular weight is 421 g/mol. The molecule has 2 aromatic carbocycles. The maximum absolute atomic E-state index is 13.2. The van der Waals surface area contributed by atoms with Crippen molar-refractivity contribution in [3.63, 3.8) is 0 Å². The van der Waals surface area contributed by atoms with Gasteiger partial charge in [-0.3, -0.25) is 9.36 Å². The molecular weight excluding hydrogens is 397 g/mol. The van der Waals surface area contributed by atoms with E-state index in [1.807, 2.05) is 4.90 Å². The van der Waals surface area contributed by atoms with Crippen molar-refractivity contribution in [3.8, 4) is 5.69 Å². The number of hydrogen-bond acceptors (Lipinski definition) is 3. The molecule has 2 N–H and O–H groups in total. The summed E-state index contributed by atoms with van der Waals surface area (Å²) in [6.45, 7) is 1.56. The number of rotatable bonds is 4. The number of halogens is 1. The molecule has 31 heavy (non-hydrogen) atoms. The first kappa shape index (κ1) is 20.6. The molecule has 0 unspecified atom stereocenters. The highest BCUT2D eigenvalue weighted by Gasteiger charge is 2.16. The number of benzene rings is 2. The summed E-state index contributed by atoms with van der Waals surface area (Å²) in [5.74, 6) is -0.693. The number of imidazole rings is 1. The molecule has 3 amide bonds. The fourth-order valence-electron chi connectivity index (χ4n) is 3.58. The number of carbonyl (C=O) groups is 2. The van der Waals surface area contributed by atoms with E-state index >= 15 is 0 Å². The fraction of sp³-hybridized carbons (Fsp3) is 0.261. The molecule has 0 atom stereocenters. The standard InChI is InChI=1S/C23H24FN5O2/c24-17-5-11-20(12-6-17)29-16-25-15-21(29)22(30)26-18-7-9-19(10-8-18)27-23(31)28-13-3-1-2-4-14-28/h5-12,15-16H,1-4,13-14H2,(H,26,30)(H,27,31). The topological polar surface area (TPSA) is 79.3 Å². The van der Waals surface area contributed by atoms with E-state index in [1.165, 1.54) is 24.7 Å². The summed E-state index contributed by atoms with van der Waals surface area (Å²) in [6, 6.07) is 12.7. The van der Waals surface area contributed by atoms with Crippen molar-refractivity contribution < 1.29 is 14.0 Å². The maximum atomic E-state index is 13.2. The lowest BCUT2D eigenvalue weighted by atomic mass is 10.2. The number of amides is 3. The van der Waals surface area contributed by atoms with E-state index in [2.05, 4.69) is 15.6 Å². The van der Waals surface area contributed by atoms with E-state index in [0.29, 0.717) is 22.8 Å². The van der Waals surface area contributed by atoms with Crippen LogP contribution < -0.4 is 10.6 Å². The first-order valence-corrected chi connectivity index (χ1v) is 10.4. The van der Waals surface area contributed by atoms with Crippen LogP contribution in [0.5, 0.6) is 0 Å². The minimum absolute atomic E-state index is 0.0955. The van der Waals surface area contributed by atoms with Crippen molar-refractivity contribution in [1.29, 1.82) is 0 Å². The fourth-order valence-corrected chi connectivity index (χ4v) is 3.58. The minimum Gasteiger partial charge on any atom is -0.325 e. The number of nitrogens with zero attached hydrogens (tertiary/aromatic N) is 3. The van der Waals surface area contributed by atoms with Gasteiger partial charge in [-0.15, -0.1) is 0 Å². The molecule has 2 heterocycles. The molecular formula is C23H24FN5O2. The quantitative estimate of drug-likeness (QED) is 0.642. The lowest BCUT2D eigenvalue weighted by Gasteiger charge is -2.20. The molecule has 0 bridgehead atoms. The zero-order valence-corrected chi connectivity index (χ0v) is 17.1. The van der Waals surface area contributed by atoms with E-state index in [0.717, 1.165) is 38.8 Å². The van der Waals surface area contributed by atoms with Crippen LogP contribution in [0.4, 0.5) is 20.6 Å². The molecule has 0 radical (unpaired) electrons. The molecule has 1 aliphatic rings. The highest BCUT2D eigenvalue weighted by atomic mass is 19.1. The Balaban J connectivity index is 1.39. The Kier molecular flexibility index (Phi) is 6.26. The van der Waals surface area contributed by atoms with Crippen molar-refractivity contribution in [2.24, 2.45) is 0 Å². The van der Waals surface area contributed by atoms with E-state index in [1.54, 1.807) is 41.0 Å². The molecule has 0 spiro atoms. The second kappa shape index (κ2) is 9.42. The van der Waals surface area contributed by atoms with Gasteiger partial charge in [0.2, 0.25) is 0 Å².